The average Bonchev–Trinajstić information content (AvgIpc) is 2.00. The molecule has 0 rings (SSSR count). The van der Waals surface area contributed by atoms with Crippen molar-refractivity contribution in [1.29, 1.82) is 0 Å². The Morgan fingerprint density at radius 3 is 2.62 bits per heavy atom. The molecule has 0 saturated heterocycles. The van der Waals surface area contributed by atoms with Gasteiger partial charge in [-0.15, -0.1) is 6.58 Å². The Kier molecular flexibility index (Phi) is 6.47. The Labute approximate surface area is 85.4 Å². The Morgan fingerprint density at radius 1 is 1.54 bits per heavy atom. The molecule has 1 atom stereocenters. The van der Waals surface area contributed by atoms with Gasteiger partial charge in [-0.1, -0.05) is 26.8 Å². The van der Waals surface area contributed by atoms with Crippen molar-refractivity contribution in [3.63, 3.8) is 0 Å². The monoisotopic (exact) mass is 204 g/mol. The second-order valence-electron chi connectivity index (χ2n) is 3.90. The zero-order valence-electron chi connectivity index (χ0n) is 8.75. The molecule has 0 aromatic carbocycles. The van der Waals surface area contributed by atoms with E-state index in [0.29, 0.717) is 13.2 Å². The molecule has 78 valence electrons. The molecule has 1 N–H and O–H groups in total. The van der Waals surface area contributed by atoms with E-state index in [-0.39, 0.29) is 10.9 Å². The highest BCUT2D eigenvalue weighted by Crippen LogP contribution is 2.23. The Hall–Kier alpha value is 0.0100. The van der Waals surface area contributed by atoms with Gasteiger partial charge in [-0.3, -0.25) is 0 Å². The summed E-state index contributed by atoms with van der Waals surface area (Å²) in [6, 6.07) is 0. The third-order valence-electron chi connectivity index (χ3n) is 1.25. The number of hydrogen-bond donors (Lipinski definition) is 1. The fourth-order valence-corrected chi connectivity index (χ4v) is 1.47. The van der Waals surface area contributed by atoms with Gasteiger partial charge in [-0.2, -0.15) is 11.8 Å². The minimum atomic E-state index is -0.371. The lowest BCUT2D eigenvalue weighted by atomic mass is 10.3. The van der Waals surface area contributed by atoms with Crippen LogP contribution in [0.2, 0.25) is 0 Å². The van der Waals surface area contributed by atoms with Crippen LogP contribution in [-0.2, 0) is 4.74 Å². The van der Waals surface area contributed by atoms with Crippen LogP contribution in [-0.4, -0.2) is 34.9 Å². The van der Waals surface area contributed by atoms with Crippen molar-refractivity contribution in [3.05, 3.63) is 12.7 Å². The maximum atomic E-state index is 9.46. The summed E-state index contributed by atoms with van der Waals surface area (Å²) in [6.45, 7) is 10.8. The number of thioether (sulfide) groups is 1. The van der Waals surface area contributed by atoms with Gasteiger partial charge in [0.15, 0.2) is 0 Å². The van der Waals surface area contributed by atoms with Gasteiger partial charge in [0.1, 0.15) is 0 Å². The van der Waals surface area contributed by atoms with Gasteiger partial charge in [-0.05, 0) is 0 Å². The molecule has 0 fully saturated rings. The molecule has 0 aliphatic heterocycles. The molecule has 3 heteroatoms. The van der Waals surface area contributed by atoms with Crippen LogP contribution in [0.4, 0.5) is 0 Å². The van der Waals surface area contributed by atoms with Gasteiger partial charge in [0.2, 0.25) is 0 Å². The third-order valence-corrected chi connectivity index (χ3v) is 2.67. The minimum absolute atomic E-state index is 0.208. The van der Waals surface area contributed by atoms with Crippen LogP contribution in [0.3, 0.4) is 0 Å². The summed E-state index contributed by atoms with van der Waals surface area (Å²) in [5.41, 5.74) is 0. The fraction of sp³-hybridized carbons (Fsp3) is 0.800. The van der Waals surface area contributed by atoms with Crippen molar-refractivity contribution >= 4 is 11.8 Å². The number of hydrogen-bond acceptors (Lipinski definition) is 3. The largest absolute Gasteiger partial charge is 0.390 e. The van der Waals surface area contributed by atoms with Gasteiger partial charge >= 0.3 is 0 Å². The summed E-state index contributed by atoms with van der Waals surface area (Å²) in [5.74, 6) is 0.723. The van der Waals surface area contributed by atoms with Crippen LogP contribution >= 0.6 is 11.8 Å². The predicted octanol–water partition coefficient (Wildman–Crippen LogP) is 2.08. The molecular formula is C10H20O2S. The summed E-state index contributed by atoms with van der Waals surface area (Å²) >= 11 is 1.74. The van der Waals surface area contributed by atoms with E-state index in [1.165, 1.54) is 0 Å². The minimum Gasteiger partial charge on any atom is -0.390 e. The maximum absolute atomic E-state index is 9.46. The number of aliphatic hydroxyl groups excluding tert-OH is 1. The van der Waals surface area contributed by atoms with Crippen molar-refractivity contribution in [3.8, 4) is 0 Å². The van der Waals surface area contributed by atoms with Crippen molar-refractivity contribution in [2.45, 2.75) is 31.6 Å². The van der Waals surface area contributed by atoms with E-state index in [9.17, 15) is 5.11 Å². The van der Waals surface area contributed by atoms with E-state index in [0.717, 1.165) is 5.75 Å². The Balaban J connectivity index is 3.40. The number of ether oxygens (including phenoxy) is 1. The van der Waals surface area contributed by atoms with Crippen LogP contribution in [0, 0.1) is 0 Å². The topological polar surface area (TPSA) is 29.5 Å². The number of rotatable bonds is 6. The zero-order valence-corrected chi connectivity index (χ0v) is 9.56. The molecule has 13 heavy (non-hydrogen) atoms. The van der Waals surface area contributed by atoms with Gasteiger partial charge in [0.05, 0.1) is 19.3 Å². The highest BCUT2D eigenvalue weighted by molar-refractivity contribution is 8.00. The van der Waals surface area contributed by atoms with Crippen molar-refractivity contribution in [1.82, 2.24) is 0 Å². The van der Waals surface area contributed by atoms with E-state index in [4.69, 9.17) is 4.74 Å². The first kappa shape index (κ1) is 13.0. The smallest absolute Gasteiger partial charge is 0.0864 e. The molecule has 0 spiro atoms. The van der Waals surface area contributed by atoms with Crippen LogP contribution in [0.15, 0.2) is 12.7 Å². The van der Waals surface area contributed by atoms with E-state index < -0.39 is 0 Å². The van der Waals surface area contributed by atoms with Gasteiger partial charge in [0.25, 0.3) is 0 Å². The normalized spacial score (nSPS) is 14.2. The van der Waals surface area contributed by atoms with Crippen molar-refractivity contribution in [2.75, 3.05) is 19.0 Å². The number of aliphatic hydroxyl groups is 1. The van der Waals surface area contributed by atoms with Crippen molar-refractivity contribution < 1.29 is 9.84 Å². The molecule has 0 radical (unpaired) electrons. The van der Waals surface area contributed by atoms with Crippen LogP contribution < -0.4 is 0 Å². The maximum Gasteiger partial charge on any atom is 0.0864 e. The Bertz CT molecular complexity index is 140. The summed E-state index contributed by atoms with van der Waals surface area (Å²) < 4.78 is 5.34. The second-order valence-corrected chi connectivity index (χ2v) is 5.75. The third kappa shape index (κ3) is 9.93. The molecule has 0 aliphatic rings. The first-order valence-corrected chi connectivity index (χ1v) is 5.45. The van der Waals surface area contributed by atoms with Crippen molar-refractivity contribution in [2.24, 2.45) is 0 Å². The first-order chi connectivity index (χ1) is 5.95. The predicted molar refractivity (Wildman–Crippen MR) is 59.2 cm³/mol. The molecule has 0 aromatic heterocycles. The lowest BCUT2D eigenvalue weighted by molar-refractivity contribution is 0.0624. The summed E-state index contributed by atoms with van der Waals surface area (Å²) in [7, 11) is 0. The molecule has 0 saturated carbocycles. The highest BCUT2D eigenvalue weighted by atomic mass is 32.2. The molecule has 2 nitrogen and oxygen atoms in total. The van der Waals surface area contributed by atoms with Gasteiger partial charge in [-0.25, -0.2) is 0 Å². The molecule has 0 heterocycles. The van der Waals surface area contributed by atoms with Gasteiger partial charge in [0, 0.05) is 10.5 Å². The SMILES string of the molecule is C=CCOCC(O)CSC(C)(C)C. The molecule has 0 aliphatic carbocycles. The molecule has 0 aromatic rings. The van der Waals surface area contributed by atoms with E-state index in [1.807, 2.05) is 0 Å². The van der Waals surface area contributed by atoms with Crippen LogP contribution in [0.1, 0.15) is 20.8 Å². The average molecular weight is 204 g/mol. The van der Waals surface area contributed by atoms with E-state index in [1.54, 1.807) is 17.8 Å². The summed E-state index contributed by atoms with van der Waals surface area (Å²) in [6.07, 6.45) is 1.31. The lowest BCUT2D eigenvalue weighted by Gasteiger charge is -2.19. The van der Waals surface area contributed by atoms with Crippen LogP contribution in [0.25, 0.3) is 0 Å². The fourth-order valence-electron chi connectivity index (χ4n) is 0.682. The zero-order chi connectivity index (χ0) is 10.3. The first-order valence-electron chi connectivity index (χ1n) is 4.46. The van der Waals surface area contributed by atoms with Gasteiger partial charge < -0.3 is 9.84 Å². The lowest BCUT2D eigenvalue weighted by Crippen LogP contribution is -2.21. The quantitative estimate of drug-likeness (QED) is 0.530. The molecule has 0 bridgehead atoms. The summed E-state index contributed by atoms with van der Waals surface area (Å²) in [5, 5.41) is 9.46. The summed E-state index contributed by atoms with van der Waals surface area (Å²) in [4.78, 5) is 0. The molecular weight excluding hydrogens is 184 g/mol. The highest BCUT2D eigenvalue weighted by Gasteiger charge is 2.13. The Morgan fingerprint density at radius 2 is 2.15 bits per heavy atom. The standard InChI is InChI=1S/C10H20O2S/c1-5-6-12-7-9(11)8-13-10(2,3)4/h5,9,11H,1,6-8H2,2-4H3. The molecule has 0 amide bonds. The van der Waals surface area contributed by atoms with E-state index >= 15 is 0 Å². The van der Waals surface area contributed by atoms with Crippen LogP contribution in [0.5, 0.6) is 0 Å². The molecule has 1 unspecified atom stereocenters. The second kappa shape index (κ2) is 6.46. The van der Waals surface area contributed by atoms with E-state index in [2.05, 4.69) is 27.4 Å².